The number of rotatable bonds is 6. The van der Waals surface area contributed by atoms with Crippen LogP contribution in [0.5, 0.6) is 0 Å². The van der Waals surface area contributed by atoms with Crippen LogP contribution in [0, 0.1) is 0 Å². The molecule has 3 rings (SSSR count). The molecule has 0 bridgehead atoms. The van der Waals surface area contributed by atoms with Gasteiger partial charge in [-0.3, -0.25) is 4.79 Å². The van der Waals surface area contributed by atoms with Crippen molar-refractivity contribution in [2.75, 3.05) is 12.0 Å². The minimum Gasteiger partial charge on any atom is -0.326 e. The minimum atomic E-state index is -3.05. The van der Waals surface area contributed by atoms with Crippen LogP contribution in [0.25, 0.3) is 11.0 Å². The molecule has 0 atom stereocenters. The molecule has 0 radical (unpaired) electrons. The van der Waals surface area contributed by atoms with Crippen molar-refractivity contribution in [2.24, 2.45) is 0 Å². The van der Waals surface area contributed by atoms with Crippen molar-refractivity contribution < 1.29 is 8.42 Å². The Morgan fingerprint density at radius 3 is 2.65 bits per heavy atom. The van der Waals surface area contributed by atoms with Gasteiger partial charge >= 0.3 is 0 Å². The van der Waals surface area contributed by atoms with Gasteiger partial charge in [-0.15, -0.1) is 0 Å². The Morgan fingerprint density at radius 1 is 1.19 bits per heavy atom. The molecule has 0 saturated carbocycles. The molecule has 10 heteroatoms. The fraction of sp³-hybridized carbons (Fsp3) is 0.312. The number of halogens is 2. The molecule has 0 amide bonds. The van der Waals surface area contributed by atoms with Gasteiger partial charge in [-0.05, 0) is 18.6 Å². The van der Waals surface area contributed by atoms with Gasteiger partial charge in [0, 0.05) is 12.8 Å². The summed E-state index contributed by atoms with van der Waals surface area (Å²) in [5.74, 6) is 0.664. The SMILES string of the molecule is CS(=O)(=O)CCCn1c(Cn2ncc(Cl)c(Cl)c2=O)nc2ccccc21. The Labute approximate surface area is 160 Å². The highest BCUT2D eigenvalue weighted by Crippen LogP contribution is 2.18. The first kappa shape index (κ1) is 18.9. The second-order valence-corrected chi connectivity index (χ2v) is 8.97. The Kier molecular flexibility index (Phi) is 5.36. The fourth-order valence-corrected chi connectivity index (χ4v) is 3.60. The summed E-state index contributed by atoms with van der Waals surface area (Å²) in [4.78, 5) is 16.8. The van der Waals surface area contributed by atoms with Crippen molar-refractivity contribution in [3.8, 4) is 0 Å². The molecular formula is C16H16Cl2N4O3S. The minimum absolute atomic E-state index is 0.0733. The number of hydrogen-bond acceptors (Lipinski definition) is 5. The summed E-state index contributed by atoms with van der Waals surface area (Å²) in [6.07, 6.45) is 2.96. The number of benzene rings is 1. The van der Waals surface area contributed by atoms with Crippen molar-refractivity contribution in [3.63, 3.8) is 0 Å². The quantitative estimate of drug-likeness (QED) is 0.617. The molecule has 0 spiro atoms. The van der Waals surface area contributed by atoms with E-state index in [2.05, 4.69) is 10.1 Å². The summed E-state index contributed by atoms with van der Waals surface area (Å²) in [5.41, 5.74) is 1.12. The van der Waals surface area contributed by atoms with Crippen LogP contribution in [0.15, 0.2) is 35.3 Å². The largest absolute Gasteiger partial charge is 0.326 e. The molecule has 7 nitrogen and oxygen atoms in total. The zero-order valence-electron chi connectivity index (χ0n) is 13.9. The average molecular weight is 415 g/mol. The molecular weight excluding hydrogens is 399 g/mol. The monoisotopic (exact) mass is 414 g/mol. The Hall–Kier alpha value is -1.90. The highest BCUT2D eigenvalue weighted by atomic mass is 35.5. The van der Waals surface area contributed by atoms with Crippen LogP contribution < -0.4 is 5.56 Å². The summed E-state index contributed by atoms with van der Waals surface area (Å²) in [6.45, 7) is 0.558. The van der Waals surface area contributed by atoms with Gasteiger partial charge in [-0.1, -0.05) is 35.3 Å². The predicted molar refractivity (Wildman–Crippen MR) is 102 cm³/mol. The zero-order chi connectivity index (χ0) is 18.9. The highest BCUT2D eigenvalue weighted by molar-refractivity contribution is 7.90. The lowest BCUT2D eigenvalue weighted by Crippen LogP contribution is -2.25. The number of sulfone groups is 1. The van der Waals surface area contributed by atoms with E-state index in [1.165, 1.54) is 17.1 Å². The average Bonchev–Trinajstić information content (AvgIpc) is 2.92. The van der Waals surface area contributed by atoms with E-state index in [-0.39, 0.29) is 22.3 Å². The van der Waals surface area contributed by atoms with Crippen molar-refractivity contribution in [1.29, 1.82) is 0 Å². The maximum absolute atomic E-state index is 12.2. The third-order valence-corrected chi connectivity index (χ3v) is 5.64. The smallest absolute Gasteiger partial charge is 0.287 e. The first-order valence-corrected chi connectivity index (χ1v) is 10.6. The summed E-state index contributed by atoms with van der Waals surface area (Å²) in [5, 5.41) is 4.00. The zero-order valence-corrected chi connectivity index (χ0v) is 16.2. The maximum atomic E-state index is 12.2. The Morgan fingerprint density at radius 2 is 1.92 bits per heavy atom. The topological polar surface area (TPSA) is 86.9 Å². The van der Waals surface area contributed by atoms with Crippen LogP contribution in [0.3, 0.4) is 0 Å². The van der Waals surface area contributed by atoms with Crippen LogP contribution in [0.2, 0.25) is 10.0 Å². The van der Waals surface area contributed by atoms with Gasteiger partial charge in [0.1, 0.15) is 27.2 Å². The van der Waals surface area contributed by atoms with Crippen molar-refractivity contribution in [2.45, 2.75) is 19.5 Å². The number of fused-ring (bicyclic) bond motifs is 1. The Bertz CT molecular complexity index is 1120. The van der Waals surface area contributed by atoms with Crippen LogP contribution in [0.4, 0.5) is 0 Å². The standard InChI is InChI=1S/C16H16Cl2N4O3S/c1-26(24,25)8-4-7-21-13-6-3-2-5-12(13)20-14(21)10-22-16(23)15(18)11(17)9-19-22/h2-3,5-6,9H,4,7-8,10H2,1H3. The molecule has 0 aliphatic rings. The first-order chi connectivity index (χ1) is 12.3. The van der Waals surface area contributed by atoms with E-state index in [1.807, 2.05) is 28.8 Å². The van der Waals surface area contributed by atoms with Crippen molar-refractivity contribution in [3.05, 3.63) is 56.7 Å². The summed E-state index contributed by atoms with van der Waals surface area (Å²) in [7, 11) is -3.05. The molecule has 26 heavy (non-hydrogen) atoms. The lowest BCUT2D eigenvalue weighted by Gasteiger charge is -2.10. The lowest BCUT2D eigenvalue weighted by atomic mass is 10.3. The molecule has 0 saturated heterocycles. The molecule has 3 aromatic rings. The molecule has 0 unspecified atom stereocenters. The van der Waals surface area contributed by atoms with E-state index < -0.39 is 15.4 Å². The molecule has 2 heterocycles. The molecule has 0 aliphatic heterocycles. The number of para-hydroxylation sites is 2. The van der Waals surface area contributed by atoms with Crippen molar-refractivity contribution >= 4 is 44.1 Å². The normalized spacial score (nSPS) is 12.0. The molecule has 1 aromatic carbocycles. The number of hydrogen-bond donors (Lipinski definition) is 0. The van der Waals surface area contributed by atoms with Crippen LogP contribution in [0.1, 0.15) is 12.2 Å². The highest BCUT2D eigenvalue weighted by Gasteiger charge is 2.15. The van der Waals surface area contributed by atoms with Gasteiger partial charge in [0.2, 0.25) is 0 Å². The number of imidazole rings is 1. The second kappa shape index (κ2) is 7.38. The van der Waals surface area contributed by atoms with Crippen LogP contribution in [-0.4, -0.2) is 39.8 Å². The Balaban J connectivity index is 1.98. The maximum Gasteiger partial charge on any atom is 0.287 e. The van der Waals surface area contributed by atoms with Gasteiger partial charge in [-0.25, -0.2) is 18.1 Å². The van der Waals surface area contributed by atoms with E-state index in [0.717, 1.165) is 11.0 Å². The van der Waals surface area contributed by atoms with Gasteiger partial charge in [0.25, 0.3) is 5.56 Å². The number of nitrogens with zero attached hydrogens (tertiary/aromatic N) is 4. The van der Waals surface area contributed by atoms with Gasteiger partial charge < -0.3 is 4.57 Å². The van der Waals surface area contributed by atoms with Gasteiger partial charge in [-0.2, -0.15) is 5.10 Å². The van der Waals surface area contributed by atoms with Gasteiger partial charge in [0.05, 0.1) is 28.0 Å². The predicted octanol–water partition coefficient (Wildman–Crippen LogP) is 2.38. The fourth-order valence-electron chi connectivity index (χ4n) is 2.67. The molecule has 0 N–H and O–H groups in total. The summed E-state index contributed by atoms with van der Waals surface area (Å²) in [6, 6.07) is 7.50. The van der Waals surface area contributed by atoms with E-state index in [4.69, 9.17) is 23.2 Å². The van der Waals surface area contributed by atoms with E-state index in [1.54, 1.807) is 0 Å². The summed E-state index contributed by atoms with van der Waals surface area (Å²) < 4.78 is 25.9. The van der Waals surface area contributed by atoms with Crippen LogP contribution in [-0.2, 0) is 22.9 Å². The number of aryl methyl sites for hydroxylation is 1. The molecule has 0 aliphatic carbocycles. The van der Waals surface area contributed by atoms with Gasteiger partial charge in [0.15, 0.2) is 0 Å². The van der Waals surface area contributed by atoms with E-state index >= 15 is 0 Å². The lowest BCUT2D eigenvalue weighted by molar-refractivity contribution is 0.565. The van der Waals surface area contributed by atoms with E-state index in [0.29, 0.717) is 18.8 Å². The molecule has 0 fully saturated rings. The second-order valence-electron chi connectivity index (χ2n) is 5.92. The van der Waals surface area contributed by atoms with E-state index in [9.17, 15) is 13.2 Å². The third-order valence-electron chi connectivity index (χ3n) is 3.86. The van der Waals surface area contributed by atoms with Crippen molar-refractivity contribution in [1.82, 2.24) is 19.3 Å². The van der Waals surface area contributed by atoms with Crippen LogP contribution >= 0.6 is 23.2 Å². The molecule has 138 valence electrons. The summed E-state index contributed by atoms with van der Waals surface area (Å²) >= 11 is 11.7. The third kappa shape index (κ3) is 4.08. The first-order valence-electron chi connectivity index (χ1n) is 7.79. The number of aromatic nitrogens is 4. The molecule has 2 aromatic heterocycles.